The second-order valence-corrected chi connectivity index (χ2v) is 6.62. The number of carbonyl (C=O) groups is 1. The van der Waals surface area contributed by atoms with E-state index in [1.165, 1.54) is 19.5 Å². The molecule has 0 radical (unpaired) electrons. The summed E-state index contributed by atoms with van der Waals surface area (Å²) in [7, 11) is 0. The molecular weight excluding hydrogens is 292 g/mol. The van der Waals surface area contributed by atoms with Gasteiger partial charge in [0.1, 0.15) is 12.4 Å². The molecule has 2 fully saturated rings. The highest BCUT2D eigenvalue weighted by Crippen LogP contribution is 2.19. The van der Waals surface area contributed by atoms with E-state index >= 15 is 0 Å². The summed E-state index contributed by atoms with van der Waals surface area (Å²) in [6.45, 7) is 7.55. The predicted molar refractivity (Wildman–Crippen MR) is 89.7 cm³/mol. The molecule has 2 atom stereocenters. The van der Waals surface area contributed by atoms with Gasteiger partial charge < -0.3 is 14.8 Å². The van der Waals surface area contributed by atoms with Crippen molar-refractivity contribution in [2.75, 3.05) is 44.8 Å². The van der Waals surface area contributed by atoms with Gasteiger partial charge >= 0.3 is 0 Å². The van der Waals surface area contributed by atoms with E-state index in [1.807, 2.05) is 24.3 Å². The molecule has 1 aromatic carbocycles. The Morgan fingerprint density at radius 1 is 1.35 bits per heavy atom. The fraction of sp³-hybridized carbons (Fsp3) is 0.611. The Kier molecular flexibility index (Phi) is 5.51. The Bertz CT molecular complexity index is 512. The van der Waals surface area contributed by atoms with Crippen molar-refractivity contribution in [2.24, 2.45) is 11.8 Å². The largest absolute Gasteiger partial charge is 0.492 e. The Hall–Kier alpha value is -1.59. The van der Waals surface area contributed by atoms with E-state index in [1.54, 1.807) is 0 Å². The van der Waals surface area contributed by atoms with Crippen molar-refractivity contribution in [2.45, 2.75) is 19.8 Å². The van der Waals surface area contributed by atoms with Gasteiger partial charge in [-0.2, -0.15) is 0 Å². The topological polar surface area (TPSA) is 50.8 Å². The van der Waals surface area contributed by atoms with Crippen LogP contribution < -0.4 is 10.1 Å². The number of amides is 1. The van der Waals surface area contributed by atoms with Crippen LogP contribution in [0.25, 0.3) is 0 Å². The fourth-order valence-corrected chi connectivity index (χ4v) is 3.14. The van der Waals surface area contributed by atoms with Crippen LogP contribution >= 0.6 is 0 Å². The number of hydrogen-bond acceptors (Lipinski definition) is 4. The SMILES string of the molecule is C[C@H]1CCN(CCOc2ccc(NC(=O)[C@H]3CCOC3)cc2)C1. The van der Waals surface area contributed by atoms with Gasteiger partial charge in [0.25, 0.3) is 0 Å². The molecule has 5 heteroatoms. The Balaban J connectivity index is 1.40. The molecule has 0 saturated carbocycles. The van der Waals surface area contributed by atoms with Gasteiger partial charge in [-0.3, -0.25) is 9.69 Å². The zero-order chi connectivity index (χ0) is 16.1. The normalized spacial score (nSPS) is 24.7. The molecule has 0 aromatic heterocycles. The number of carbonyl (C=O) groups excluding carboxylic acids is 1. The highest BCUT2D eigenvalue weighted by atomic mass is 16.5. The number of likely N-dealkylation sites (tertiary alicyclic amines) is 1. The summed E-state index contributed by atoms with van der Waals surface area (Å²) >= 11 is 0. The molecule has 1 N–H and O–H groups in total. The highest BCUT2D eigenvalue weighted by Gasteiger charge is 2.23. The molecule has 0 bridgehead atoms. The number of anilines is 1. The maximum absolute atomic E-state index is 12.0. The zero-order valence-corrected chi connectivity index (χ0v) is 13.8. The van der Waals surface area contributed by atoms with Gasteiger partial charge in [-0.1, -0.05) is 6.92 Å². The summed E-state index contributed by atoms with van der Waals surface area (Å²) in [5, 5.41) is 2.93. The first-order chi connectivity index (χ1) is 11.2. The fourth-order valence-electron chi connectivity index (χ4n) is 3.14. The Morgan fingerprint density at radius 3 is 2.83 bits per heavy atom. The first kappa shape index (κ1) is 16.3. The first-order valence-corrected chi connectivity index (χ1v) is 8.54. The standard InChI is InChI=1S/C18H26N2O3/c1-14-6-8-20(12-14)9-11-23-17-4-2-16(3-5-17)19-18(21)15-7-10-22-13-15/h2-5,14-15H,6-13H2,1H3,(H,19,21)/t14-,15-/m0/s1. The number of hydrogen-bond donors (Lipinski definition) is 1. The van der Waals surface area contributed by atoms with Gasteiger partial charge in [-0.15, -0.1) is 0 Å². The van der Waals surface area contributed by atoms with Crippen molar-refractivity contribution in [1.82, 2.24) is 4.90 Å². The quantitative estimate of drug-likeness (QED) is 0.875. The lowest BCUT2D eigenvalue weighted by molar-refractivity contribution is -0.119. The summed E-state index contributed by atoms with van der Waals surface area (Å²) in [5.41, 5.74) is 0.808. The lowest BCUT2D eigenvalue weighted by atomic mass is 10.1. The molecule has 1 amide bonds. The van der Waals surface area contributed by atoms with Gasteiger partial charge in [-0.25, -0.2) is 0 Å². The molecule has 2 aliphatic heterocycles. The van der Waals surface area contributed by atoms with E-state index in [4.69, 9.17) is 9.47 Å². The van der Waals surface area contributed by atoms with E-state index in [-0.39, 0.29) is 11.8 Å². The predicted octanol–water partition coefficient (Wildman–Crippen LogP) is 2.38. The maximum atomic E-state index is 12.0. The number of ether oxygens (including phenoxy) is 2. The van der Waals surface area contributed by atoms with Crippen molar-refractivity contribution in [3.63, 3.8) is 0 Å². The van der Waals surface area contributed by atoms with Gasteiger partial charge in [0.05, 0.1) is 12.5 Å². The van der Waals surface area contributed by atoms with Crippen LogP contribution in [0.4, 0.5) is 5.69 Å². The van der Waals surface area contributed by atoms with Crippen LogP contribution in [0.5, 0.6) is 5.75 Å². The minimum atomic E-state index is -0.0196. The average molecular weight is 318 g/mol. The van der Waals surface area contributed by atoms with Crippen molar-refractivity contribution >= 4 is 11.6 Å². The number of nitrogens with zero attached hydrogens (tertiary/aromatic N) is 1. The summed E-state index contributed by atoms with van der Waals surface area (Å²) in [6.07, 6.45) is 2.10. The molecular formula is C18H26N2O3. The lowest BCUT2D eigenvalue weighted by Gasteiger charge is -2.16. The monoisotopic (exact) mass is 318 g/mol. The van der Waals surface area contributed by atoms with E-state index in [9.17, 15) is 4.79 Å². The third kappa shape index (κ3) is 4.69. The molecule has 0 aliphatic carbocycles. The number of rotatable bonds is 6. The summed E-state index contributed by atoms with van der Waals surface area (Å²) in [5.74, 6) is 1.68. The molecule has 2 heterocycles. The van der Waals surface area contributed by atoms with Crippen LogP contribution in [0.15, 0.2) is 24.3 Å². The summed E-state index contributed by atoms with van der Waals surface area (Å²) < 4.78 is 11.0. The minimum absolute atomic E-state index is 0.0196. The van der Waals surface area contributed by atoms with E-state index in [0.29, 0.717) is 19.8 Å². The van der Waals surface area contributed by atoms with Crippen LogP contribution in [0.1, 0.15) is 19.8 Å². The van der Waals surface area contributed by atoms with Gasteiger partial charge in [-0.05, 0) is 49.6 Å². The van der Waals surface area contributed by atoms with Crippen LogP contribution in [0.2, 0.25) is 0 Å². The summed E-state index contributed by atoms with van der Waals surface area (Å²) in [4.78, 5) is 14.5. The third-order valence-corrected chi connectivity index (χ3v) is 4.61. The van der Waals surface area contributed by atoms with Crippen molar-refractivity contribution < 1.29 is 14.3 Å². The van der Waals surface area contributed by atoms with Gasteiger partial charge in [0, 0.05) is 25.4 Å². The molecule has 0 unspecified atom stereocenters. The second kappa shape index (κ2) is 7.79. The van der Waals surface area contributed by atoms with Crippen LogP contribution in [0, 0.1) is 11.8 Å². The first-order valence-electron chi connectivity index (χ1n) is 8.54. The van der Waals surface area contributed by atoms with E-state index in [2.05, 4.69) is 17.1 Å². The third-order valence-electron chi connectivity index (χ3n) is 4.61. The lowest BCUT2D eigenvalue weighted by Crippen LogP contribution is -2.25. The minimum Gasteiger partial charge on any atom is -0.492 e. The zero-order valence-electron chi connectivity index (χ0n) is 13.8. The molecule has 5 nitrogen and oxygen atoms in total. The molecule has 1 aromatic rings. The Morgan fingerprint density at radius 2 is 2.17 bits per heavy atom. The second-order valence-electron chi connectivity index (χ2n) is 6.62. The number of benzene rings is 1. The maximum Gasteiger partial charge on any atom is 0.229 e. The summed E-state index contributed by atoms with van der Waals surface area (Å²) in [6, 6.07) is 7.60. The van der Waals surface area contributed by atoms with Gasteiger partial charge in [0.2, 0.25) is 5.91 Å². The number of nitrogens with one attached hydrogen (secondary N) is 1. The van der Waals surface area contributed by atoms with Crippen molar-refractivity contribution in [3.8, 4) is 5.75 Å². The molecule has 126 valence electrons. The van der Waals surface area contributed by atoms with E-state index < -0.39 is 0 Å². The van der Waals surface area contributed by atoms with Crippen LogP contribution in [0.3, 0.4) is 0 Å². The van der Waals surface area contributed by atoms with Gasteiger partial charge in [0.15, 0.2) is 0 Å². The smallest absolute Gasteiger partial charge is 0.229 e. The highest BCUT2D eigenvalue weighted by molar-refractivity contribution is 5.92. The Labute approximate surface area is 137 Å². The van der Waals surface area contributed by atoms with Crippen LogP contribution in [-0.2, 0) is 9.53 Å². The molecule has 0 spiro atoms. The molecule has 3 rings (SSSR count). The van der Waals surface area contributed by atoms with E-state index in [0.717, 1.165) is 30.3 Å². The molecule has 23 heavy (non-hydrogen) atoms. The molecule has 2 saturated heterocycles. The molecule has 2 aliphatic rings. The van der Waals surface area contributed by atoms with Crippen molar-refractivity contribution in [1.29, 1.82) is 0 Å². The average Bonchev–Trinajstić information content (AvgIpc) is 3.21. The van der Waals surface area contributed by atoms with Crippen LogP contribution in [-0.4, -0.2) is 50.3 Å². The van der Waals surface area contributed by atoms with Crippen molar-refractivity contribution in [3.05, 3.63) is 24.3 Å².